The number of aromatic nitrogens is 4. The predicted octanol–water partition coefficient (Wildman–Crippen LogP) is 3.42. The van der Waals surface area contributed by atoms with E-state index in [-0.39, 0.29) is 2.85 Å². The first-order chi connectivity index (χ1) is 13.3. The molecular formula is C17H18ClF3N6O. The first-order valence-corrected chi connectivity index (χ1v) is 8.77. The summed E-state index contributed by atoms with van der Waals surface area (Å²) in [6.07, 6.45) is 0.770. The Kier molecular flexibility index (Phi) is 4.58. The molecule has 0 aromatic carbocycles. The van der Waals surface area contributed by atoms with Crippen LogP contribution in [0.25, 0.3) is 22.4 Å². The number of rotatable bonds is 4. The Morgan fingerprint density at radius 2 is 2.25 bits per heavy atom. The van der Waals surface area contributed by atoms with Crippen LogP contribution < -0.4 is 10.2 Å². The minimum Gasteiger partial charge on any atom is -0.345 e. The Morgan fingerprint density at radius 3 is 2.96 bits per heavy atom. The summed E-state index contributed by atoms with van der Waals surface area (Å²) < 4.78 is 37.0. The molecule has 7 nitrogen and oxygen atoms in total. The fraction of sp³-hybridized carbons (Fsp3) is 0.294. The summed E-state index contributed by atoms with van der Waals surface area (Å²) in [6, 6.07) is 2.67. The van der Waals surface area contributed by atoms with Gasteiger partial charge in [-0.1, -0.05) is 11.6 Å². The molecule has 1 amide bonds. The summed E-state index contributed by atoms with van der Waals surface area (Å²) in [7, 11) is 0. The predicted molar refractivity (Wildman–Crippen MR) is 101 cm³/mol. The van der Waals surface area contributed by atoms with E-state index in [4.69, 9.17) is 11.6 Å². The second kappa shape index (κ2) is 6.93. The molecule has 2 N–H and O–H groups in total. The van der Waals surface area contributed by atoms with Crippen molar-refractivity contribution in [2.75, 3.05) is 18.0 Å². The summed E-state index contributed by atoms with van der Waals surface area (Å²) in [6.45, 7) is -0.837. The molecule has 28 heavy (non-hydrogen) atoms. The Balaban J connectivity index is 0.00000160. The smallest absolute Gasteiger partial charge is 0.345 e. The molecule has 150 valence electrons. The molecule has 0 unspecified atom stereocenters. The number of amides is 1. The SMILES string of the molecule is O=C(NCC(F)(F)F)[C@@H]1CCN1c1ccnc(-c2c[nH]c3ncc(Cl)cc23)n1.[HH].[HH]. The number of halogens is 4. The van der Waals surface area contributed by atoms with Gasteiger partial charge in [-0.25, -0.2) is 15.0 Å². The van der Waals surface area contributed by atoms with E-state index < -0.39 is 24.7 Å². The van der Waals surface area contributed by atoms with Crippen molar-refractivity contribution in [1.29, 1.82) is 0 Å². The van der Waals surface area contributed by atoms with Crippen molar-refractivity contribution in [3.8, 4) is 11.4 Å². The second-order valence-electron chi connectivity index (χ2n) is 6.32. The number of alkyl halides is 3. The lowest BCUT2D eigenvalue weighted by molar-refractivity contribution is -0.139. The minimum atomic E-state index is -4.45. The zero-order valence-corrected chi connectivity index (χ0v) is 15.1. The highest BCUT2D eigenvalue weighted by molar-refractivity contribution is 6.31. The van der Waals surface area contributed by atoms with E-state index in [1.807, 2.05) is 5.32 Å². The van der Waals surface area contributed by atoms with Gasteiger partial charge in [-0.2, -0.15) is 13.2 Å². The van der Waals surface area contributed by atoms with Crippen molar-refractivity contribution in [3.05, 3.63) is 35.7 Å². The maximum Gasteiger partial charge on any atom is 0.405 e. The topological polar surface area (TPSA) is 86.8 Å². The van der Waals surface area contributed by atoms with Crippen molar-refractivity contribution >= 4 is 34.4 Å². The van der Waals surface area contributed by atoms with Crippen LogP contribution in [-0.2, 0) is 4.79 Å². The number of carbonyl (C=O) groups excluding carboxylic acids is 1. The quantitative estimate of drug-likeness (QED) is 0.683. The van der Waals surface area contributed by atoms with Crippen molar-refractivity contribution in [2.24, 2.45) is 0 Å². The number of aromatic amines is 1. The van der Waals surface area contributed by atoms with Crippen LogP contribution in [0.2, 0.25) is 5.02 Å². The number of hydrogen-bond donors (Lipinski definition) is 2. The van der Waals surface area contributed by atoms with Crippen molar-refractivity contribution in [2.45, 2.75) is 18.6 Å². The standard InChI is InChI=1S/C17H14ClF3N6O.2H2/c18-9-5-10-11(7-24-14(10)23-6-9)15-22-3-1-13(26-15)27-4-2-12(27)16(28)25-8-17(19,20)21;;/h1,3,5-7,12H,2,4,8H2,(H,23,24)(H,25,28);2*1H/t12-;;/m0../s1. The Bertz CT molecular complexity index is 1050. The Labute approximate surface area is 164 Å². The van der Waals surface area contributed by atoms with Gasteiger partial charge < -0.3 is 15.2 Å². The van der Waals surface area contributed by atoms with Gasteiger partial charge in [-0.15, -0.1) is 0 Å². The molecule has 0 aliphatic carbocycles. The minimum absolute atomic E-state index is 0. The van der Waals surface area contributed by atoms with Crippen LogP contribution in [-0.4, -0.2) is 51.2 Å². The molecular weight excluding hydrogens is 397 g/mol. The monoisotopic (exact) mass is 414 g/mol. The second-order valence-corrected chi connectivity index (χ2v) is 6.76. The summed E-state index contributed by atoms with van der Waals surface area (Å²) in [5.41, 5.74) is 1.31. The van der Waals surface area contributed by atoms with Crippen LogP contribution in [0.15, 0.2) is 30.7 Å². The lowest BCUT2D eigenvalue weighted by Gasteiger charge is -2.40. The maximum absolute atomic E-state index is 12.3. The molecule has 0 bridgehead atoms. The van der Waals surface area contributed by atoms with Crippen LogP contribution in [0.4, 0.5) is 19.0 Å². The van der Waals surface area contributed by atoms with E-state index in [2.05, 4.69) is 19.9 Å². The summed E-state index contributed by atoms with van der Waals surface area (Å²) >= 11 is 6.01. The van der Waals surface area contributed by atoms with Gasteiger partial charge in [0.15, 0.2) is 5.82 Å². The largest absolute Gasteiger partial charge is 0.405 e. The van der Waals surface area contributed by atoms with Gasteiger partial charge in [0.2, 0.25) is 5.91 Å². The van der Waals surface area contributed by atoms with E-state index >= 15 is 0 Å². The normalized spacial score (nSPS) is 16.9. The number of carbonyl (C=O) groups is 1. The average molecular weight is 415 g/mol. The first-order valence-electron chi connectivity index (χ1n) is 8.39. The number of nitrogens with zero attached hydrogens (tertiary/aromatic N) is 4. The van der Waals surface area contributed by atoms with E-state index in [1.54, 1.807) is 23.2 Å². The number of nitrogens with one attached hydrogen (secondary N) is 2. The third-order valence-electron chi connectivity index (χ3n) is 4.46. The maximum atomic E-state index is 12.3. The summed E-state index contributed by atoms with van der Waals surface area (Å²) in [5, 5.41) is 3.13. The highest BCUT2D eigenvalue weighted by atomic mass is 35.5. The third-order valence-corrected chi connectivity index (χ3v) is 4.67. The summed E-state index contributed by atoms with van der Waals surface area (Å²) in [4.78, 5) is 29.7. The number of H-pyrrole nitrogens is 1. The molecule has 1 atom stereocenters. The number of anilines is 1. The molecule has 4 heterocycles. The van der Waals surface area contributed by atoms with Crippen molar-refractivity contribution in [1.82, 2.24) is 25.3 Å². The summed E-state index contributed by atoms with van der Waals surface area (Å²) in [5.74, 6) is 0.189. The van der Waals surface area contributed by atoms with Gasteiger partial charge in [-0.3, -0.25) is 4.79 Å². The lowest BCUT2D eigenvalue weighted by atomic mass is 10.0. The van der Waals surface area contributed by atoms with Crippen LogP contribution in [0.5, 0.6) is 0 Å². The Morgan fingerprint density at radius 1 is 1.43 bits per heavy atom. The van der Waals surface area contributed by atoms with E-state index in [0.29, 0.717) is 40.8 Å². The zero-order valence-electron chi connectivity index (χ0n) is 14.3. The number of fused-ring (bicyclic) bond motifs is 1. The van der Waals surface area contributed by atoms with Crippen molar-refractivity contribution < 1.29 is 20.8 Å². The molecule has 1 saturated heterocycles. The molecule has 0 spiro atoms. The van der Waals surface area contributed by atoms with E-state index in [9.17, 15) is 18.0 Å². The molecule has 0 radical (unpaired) electrons. The van der Waals surface area contributed by atoms with E-state index in [0.717, 1.165) is 5.39 Å². The highest BCUT2D eigenvalue weighted by Gasteiger charge is 2.37. The average Bonchev–Trinajstić information content (AvgIpc) is 3.02. The molecule has 3 aromatic heterocycles. The fourth-order valence-corrected chi connectivity index (χ4v) is 3.20. The number of hydrogen-bond acceptors (Lipinski definition) is 5. The van der Waals surface area contributed by atoms with Crippen LogP contribution in [0, 0.1) is 0 Å². The van der Waals surface area contributed by atoms with Gasteiger partial charge >= 0.3 is 6.18 Å². The van der Waals surface area contributed by atoms with Gasteiger partial charge in [0, 0.05) is 38.9 Å². The zero-order chi connectivity index (χ0) is 19.9. The van der Waals surface area contributed by atoms with Gasteiger partial charge in [0.05, 0.1) is 5.02 Å². The van der Waals surface area contributed by atoms with Crippen LogP contribution in [0.3, 0.4) is 0 Å². The van der Waals surface area contributed by atoms with E-state index in [1.165, 1.54) is 12.4 Å². The molecule has 11 heteroatoms. The van der Waals surface area contributed by atoms with Gasteiger partial charge in [-0.05, 0) is 18.6 Å². The molecule has 3 aromatic rings. The molecule has 1 aliphatic rings. The molecule has 1 fully saturated rings. The highest BCUT2D eigenvalue weighted by Crippen LogP contribution is 2.30. The number of pyridine rings is 1. The van der Waals surface area contributed by atoms with Crippen LogP contribution in [0.1, 0.15) is 9.27 Å². The fourth-order valence-electron chi connectivity index (χ4n) is 3.04. The first kappa shape index (κ1) is 18.5. The molecule has 0 saturated carbocycles. The molecule has 1 aliphatic heterocycles. The van der Waals surface area contributed by atoms with Gasteiger partial charge in [0.1, 0.15) is 24.1 Å². The molecule has 4 rings (SSSR count). The van der Waals surface area contributed by atoms with Crippen LogP contribution >= 0.6 is 11.6 Å². The lowest BCUT2D eigenvalue weighted by Crippen LogP contribution is -2.57. The Hall–Kier alpha value is -2.88. The van der Waals surface area contributed by atoms with Gasteiger partial charge in [0.25, 0.3) is 0 Å². The van der Waals surface area contributed by atoms with Crippen molar-refractivity contribution in [3.63, 3.8) is 0 Å². The third kappa shape index (κ3) is 3.59.